The number of carboxylic acids is 1. The van der Waals surface area contributed by atoms with Crippen LogP contribution >= 0.6 is 24.0 Å². The Morgan fingerprint density at radius 3 is 2.36 bits per heavy atom. The lowest BCUT2D eigenvalue weighted by Gasteiger charge is -2.30. The monoisotopic (exact) mass is 378 g/mol. The van der Waals surface area contributed by atoms with Gasteiger partial charge in [0, 0.05) is 0 Å². The van der Waals surface area contributed by atoms with E-state index in [1.54, 1.807) is 44.2 Å². The first-order valence-electron chi connectivity index (χ1n) is 7.42. The van der Waals surface area contributed by atoms with Crippen molar-refractivity contribution in [3.05, 3.63) is 40.3 Å². The maximum atomic E-state index is 12.6. The first-order chi connectivity index (χ1) is 11.8. The van der Waals surface area contributed by atoms with E-state index in [2.05, 4.69) is 4.74 Å². The molecule has 1 aromatic carbocycles. The van der Waals surface area contributed by atoms with E-state index < -0.39 is 23.9 Å². The summed E-state index contributed by atoms with van der Waals surface area (Å²) in [5, 5.41) is 11.4. The summed E-state index contributed by atoms with van der Waals surface area (Å²) >= 11 is 6.21. The fourth-order valence-electron chi connectivity index (χ4n) is 2.38. The van der Waals surface area contributed by atoms with E-state index >= 15 is 0 Å². The predicted molar refractivity (Wildman–Crippen MR) is 96.4 cm³/mol. The second-order valence-corrected chi connectivity index (χ2v) is 7.35. The molecule has 1 amide bonds. The van der Waals surface area contributed by atoms with Gasteiger partial charge in [0.2, 0.25) is 0 Å². The number of aliphatic carboxylic acids is 1. The summed E-state index contributed by atoms with van der Waals surface area (Å²) in [6.45, 7) is 3.38. The summed E-state index contributed by atoms with van der Waals surface area (Å²) in [5.41, 5.74) is 1.08. The molecular formula is C17H16NO5S2-. The minimum Gasteiger partial charge on any atom is -0.548 e. The van der Waals surface area contributed by atoms with Crippen LogP contribution in [-0.2, 0) is 14.3 Å². The number of hydrogen-bond acceptors (Lipinski definition) is 7. The van der Waals surface area contributed by atoms with Gasteiger partial charge in [-0.2, -0.15) is 0 Å². The average molecular weight is 378 g/mol. The SMILES string of the molecule is COC(=O)c1ccc(C=C2SC(=S)N([C@H](C(=O)[O-])C(C)C)C2=O)cc1. The van der Waals surface area contributed by atoms with E-state index in [0.717, 1.165) is 16.7 Å². The van der Waals surface area contributed by atoms with Gasteiger partial charge in [0.25, 0.3) is 5.91 Å². The van der Waals surface area contributed by atoms with E-state index in [4.69, 9.17) is 12.2 Å². The maximum Gasteiger partial charge on any atom is 0.337 e. The second kappa shape index (κ2) is 7.79. The van der Waals surface area contributed by atoms with Crippen LogP contribution in [0.5, 0.6) is 0 Å². The van der Waals surface area contributed by atoms with Crippen LogP contribution in [0.3, 0.4) is 0 Å². The molecule has 8 heteroatoms. The molecule has 1 saturated heterocycles. The van der Waals surface area contributed by atoms with Crippen LogP contribution in [0.2, 0.25) is 0 Å². The molecule has 0 spiro atoms. The molecule has 0 aliphatic carbocycles. The molecular weight excluding hydrogens is 362 g/mol. The Labute approximate surface area is 154 Å². The normalized spacial score (nSPS) is 17.3. The number of ether oxygens (including phenoxy) is 1. The zero-order valence-corrected chi connectivity index (χ0v) is 15.5. The van der Waals surface area contributed by atoms with Crippen LogP contribution in [0.15, 0.2) is 29.2 Å². The minimum absolute atomic E-state index is 0.185. The molecule has 132 valence electrons. The van der Waals surface area contributed by atoms with Crippen LogP contribution in [0, 0.1) is 5.92 Å². The Hall–Kier alpha value is -2.19. The number of hydrogen-bond donors (Lipinski definition) is 0. The molecule has 0 bridgehead atoms. The van der Waals surface area contributed by atoms with Crippen molar-refractivity contribution in [2.75, 3.05) is 7.11 Å². The molecule has 6 nitrogen and oxygen atoms in total. The van der Waals surface area contributed by atoms with Gasteiger partial charge in [-0.05, 0) is 29.7 Å². The van der Waals surface area contributed by atoms with E-state index in [1.165, 1.54) is 7.11 Å². The Balaban J connectivity index is 2.28. The van der Waals surface area contributed by atoms with Gasteiger partial charge in [-0.25, -0.2) is 4.79 Å². The molecule has 0 N–H and O–H groups in total. The topological polar surface area (TPSA) is 86.7 Å². The van der Waals surface area contributed by atoms with Gasteiger partial charge in [0.15, 0.2) is 0 Å². The number of carboxylic acid groups (broad SMARTS) is 1. The van der Waals surface area contributed by atoms with Gasteiger partial charge < -0.3 is 14.6 Å². The van der Waals surface area contributed by atoms with Gasteiger partial charge in [-0.15, -0.1) is 0 Å². The van der Waals surface area contributed by atoms with Gasteiger partial charge in [-0.1, -0.05) is 50.0 Å². The third kappa shape index (κ3) is 4.08. The Morgan fingerprint density at radius 1 is 1.28 bits per heavy atom. The van der Waals surface area contributed by atoms with Crippen molar-refractivity contribution in [1.29, 1.82) is 0 Å². The third-order valence-electron chi connectivity index (χ3n) is 3.60. The van der Waals surface area contributed by atoms with Gasteiger partial charge >= 0.3 is 5.97 Å². The summed E-state index contributed by atoms with van der Waals surface area (Å²) in [6.07, 6.45) is 1.60. The summed E-state index contributed by atoms with van der Waals surface area (Å²) < 4.78 is 4.81. The highest BCUT2D eigenvalue weighted by Gasteiger charge is 2.38. The number of thioether (sulfide) groups is 1. The molecule has 25 heavy (non-hydrogen) atoms. The van der Waals surface area contributed by atoms with Gasteiger partial charge in [0.05, 0.1) is 29.6 Å². The number of amides is 1. The summed E-state index contributed by atoms with van der Waals surface area (Å²) in [5.74, 6) is -2.59. The van der Waals surface area contributed by atoms with Crippen molar-refractivity contribution in [2.24, 2.45) is 5.92 Å². The largest absolute Gasteiger partial charge is 0.548 e. The Bertz CT molecular complexity index is 755. The summed E-state index contributed by atoms with van der Waals surface area (Å²) in [7, 11) is 1.30. The molecule has 0 unspecified atom stereocenters. The molecule has 1 fully saturated rings. The number of thiocarbonyl (C=S) groups is 1. The van der Waals surface area contributed by atoms with Gasteiger partial charge in [0.1, 0.15) is 4.32 Å². The van der Waals surface area contributed by atoms with E-state index in [9.17, 15) is 19.5 Å². The van der Waals surface area contributed by atoms with Gasteiger partial charge in [-0.3, -0.25) is 9.69 Å². The molecule has 1 aromatic rings. The standard InChI is InChI=1S/C17H17NO5S2/c1-9(2)13(15(20)21)18-14(19)12(25-17(18)24)8-10-4-6-11(7-5-10)16(22)23-3/h4-9,13H,1-3H3,(H,20,21)/p-1/t13-/m0/s1. The highest BCUT2D eigenvalue weighted by Crippen LogP contribution is 2.35. The molecule has 0 saturated carbocycles. The van der Waals surface area contributed by atoms with Crippen LogP contribution in [-0.4, -0.2) is 40.2 Å². The summed E-state index contributed by atoms with van der Waals surface area (Å²) in [6, 6.07) is 5.38. The van der Waals surface area contributed by atoms with Crippen LogP contribution in [0.25, 0.3) is 6.08 Å². The van der Waals surface area contributed by atoms with Crippen molar-refractivity contribution in [3.8, 4) is 0 Å². The van der Waals surface area contributed by atoms with Crippen LogP contribution in [0.4, 0.5) is 0 Å². The van der Waals surface area contributed by atoms with Crippen molar-refractivity contribution in [1.82, 2.24) is 4.90 Å². The highest BCUT2D eigenvalue weighted by atomic mass is 32.2. The molecule has 1 aliphatic rings. The van der Waals surface area contributed by atoms with E-state index in [1.807, 2.05) is 0 Å². The molecule has 2 rings (SSSR count). The molecule has 0 radical (unpaired) electrons. The number of benzene rings is 1. The lowest BCUT2D eigenvalue weighted by atomic mass is 10.0. The third-order valence-corrected chi connectivity index (χ3v) is 4.93. The zero-order valence-electron chi connectivity index (χ0n) is 13.8. The minimum atomic E-state index is -1.34. The lowest BCUT2D eigenvalue weighted by Crippen LogP contribution is -2.52. The smallest absolute Gasteiger partial charge is 0.337 e. The van der Waals surface area contributed by atoms with Crippen LogP contribution in [0.1, 0.15) is 29.8 Å². The lowest BCUT2D eigenvalue weighted by molar-refractivity contribution is -0.311. The number of carbonyl (C=O) groups excluding carboxylic acids is 3. The Morgan fingerprint density at radius 2 is 1.88 bits per heavy atom. The quantitative estimate of drug-likeness (QED) is 0.435. The van der Waals surface area contributed by atoms with Crippen molar-refractivity contribution in [2.45, 2.75) is 19.9 Å². The summed E-state index contributed by atoms with van der Waals surface area (Å²) in [4.78, 5) is 36.8. The van der Waals surface area contributed by atoms with E-state index in [0.29, 0.717) is 16.0 Å². The average Bonchev–Trinajstić information content (AvgIpc) is 2.82. The molecule has 1 aliphatic heterocycles. The first-order valence-corrected chi connectivity index (χ1v) is 8.65. The number of methoxy groups -OCH3 is 1. The molecule has 0 aromatic heterocycles. The molecule has 1 heterocycles. The number of carbonyl (C=O) groups is 3. The van der Waals surface area contributed by atoms with Crippen LogP contribution < -0.4 is 5.11 Å². The molecule has 1 atom stereocenters. The predicted octanol–water partition coefficient (Wildman–Crippen LogP) is 1.45. The fraction of sp³-hybridized carbons (Fsp3) is 0.294. The Kier molecular flexibility index (Phi) is 5.97. The highest BCUT2D eigenvalue weighted by molar-refractivity contribution is 8.26. The number of rotatable bonds is 5. The number of esters is 1. The van der Waals surface area contributed by atoms with E-state index in [-0.39, 0.29) is 10.2 Å². The maximum absolute atomic E-state index is 12.6. The zero-order chi connectivity index (χ0) is 18.7. The van der Waals surface area contributed by atoms with Crippen molar-refractivity contribution >= 4 is 52.2 Å². The van der Waals surface area contributed by atoms with Crippen molar-refractivity contribution < 1.29 is 24.2 Å². The fourth-order valence-corrected chi connectivity index (χ4v) is 3.71. The number of nitrogens with zero attached hydrogens (tertiary/aromatic N) is 1. The second-order valence-electron chi connectivity index (χ2n) is 5.67. The first kappa shape index (κ1) is 19.1. The van der Waals surface area contributed by atoms with Crippen molar-refractivity contribution in [3.63, 3.8) is 0 Å².